The second kappa shape index (κ2) is 9.83. The average molecular weight is 417 g/mol. The number of fused-ring (bicyclic) bond motifs is 1. The lowest BCUT2D eigenvalue weighted by atomic mass is 9.60. The van der Waals surface area contributed by atoms with E-state index in [4.69, 9.17) is 4.74 Å². The number of rotatable bonds is 6. The Labute approximate surface area is 181 Å². The molecule has 0 saturated heterocycles. The van der Waals surface area contributed by atoms with E-state index in [0.29, 0.717) is 11.5 Å². The van der Waals surface area contributed by atoms with Gasteiger partial charge in [-0.15, -0.1) is 6.58 Å². The van der Waals surface area contributed by atoms with Crippen LogP contribution < -0.4 is 4.74 Å². The van der Waals surface area contributed by atoms with Crippen LogP contribution in [0.4, 0.5) is 8.78 Å². The molecule has 4 atom stereocenters. The van der Waals surface area contributed by atoms with Crippen LogP contribution in [0, 0.1) is 41.2 Å². The monoisotopic (exact) mass is 416 g/mol. The summed E-state index contributed by atoms with van der Waals surface area (Å²) in [4.78, 5) is 0. The molecule has 0 N–H and O–H groups in total. The van der Waals surface area contributed by atoms with Gasteiger partial charge in [0.05, 0.1) is 7.11 Å². The Hall–Kier alpha value is -1.38. The average Bonchev–Trinajstić information content (AvgIpc) is 2.79. The van der Waals surface area contributed by atoms with Gasteiger partial charge in [-0.3, -0.25) is 0 Å². The van der Waals surface area contributed by atoms with Crippen molar-refractivity contribution in [2.75, 3.05) is 7.11 Å². The molecule has 0 amide bonds. The van der Waals surface area contributed by atoms with E-state index in [0.717, 1.165) is 36.5 Å². The van der Waals surface area contributed by atoms with Crippen LogP contribution in [0.1, 0.15) is 88.5 Å². The Morgan fingerprint density at radius 3 is 2.20 bits per heavy atom. The van der Waals surface area contributed by atoms with E-state index in [1.54, 1.807) is 12.1 Å². The molecule has 0 aromatic heterocycles. The van der Waals surface area contributed by atoms with Gasteiger partial charge in [-0.05, 0) is 111 Å². The minimum atomic E-state index is -0.829. The topological polar surface area (TPSA) is 9.23 Å². The zero-order valence-electron chi connectivity index (χ0n) is 18.6. The number of ether oxygens (including phenoxy) is 1. The summed E-state index contributed by atoms with van der Waals surface area (Å²) in [5.74, 6) is 2.87. The number of hydrogen-bond acceptors (Lipinski definition) is 1. The van der Waals surface area contributed by atoms with Crippen molar-refractivity contribution >= 4 is 0 Å². The van der Waals surface area contributed by atoms with Crippen molar-refractivity contribution in [1.29, 1.82) is 0 Å². The van der Waals surface area contributed by atoms with Gasteiger partial charge in [-0.25, -0.2) is 4.39 Å². The molecule has 3 aliphatic rings. The summed E-state index contributed by atoms with van der Waals surface area (Å²) in [6.07, 6.45) is 17.4. The van der Waals surface area contributed by atoms with Crippen LogP contribution in [-0.2, 0) is 0 Å². The van der Waals surface area contributed by atoms with Crippen molar-refractivity contribution in [3.63, 3.8) is 0 Å². The van der Waals surface area contributed by atoms with E-state index in [9.17, 15) is 8.78 Å². The first-order valence-electron chi connectivity index (χ1n) is 12.2. The highest BCUT2D eigenvalue weighted by atomic mass is 19.2. The first-order chi connectivity index (χ1) is 14.6. The van der Waals surface area contributed by atoms with Gasteiger partial charge in [0.25, 0.3) is 0 Å². The van der Waals surface area contributed by atoms with Crippen LogP contribution in [0.5, 0.6) is 5.75 Å². The Morgan fingerprint density at radius 1 is 0.867 bits per heavy atom. The summed E-state index contributed by atoms with van der Waals surface area (Å²) < 4.78 is 33.7. The normalized spacial score (nSPS) is 34.2. The lowest BCUT2D eigenvalue weighted by Gasteiger charge is -2.45. The summed E-state index contributed by atoms with van der Waals surface area (Å²) in [5.41, 5.74) is 0.562. The maximum Gasteiger partial charge on any atom is 0.200 e. The highest BCUT2D eigenvalue weighted by Gasteiger charge is 2.39. The van der Waals surface area contributed by atoms with Gasteiger partial charge in [-0.2, -0.15) is 4.39 Å². The van der Waals surface area contributed by atoms with Crippen molar-refractivity contribution in [2.45, 2.75) is 83.0 Å². The Kier molecular flexibility index (Phi) is 7.16. The summed E-state index contributed by atoms with van der Waals surface area (Å²) >= 11 is 0. The highest BCUT2D eigenvalue weighted by molar-refractivity contribution is 5.33. The molecule has 0 spiro atoms. The minimum Gasteiger partial charge on any atom is -0.494 e. The van der Waals surface area contributed by atoms with Gasteiger partial charge >= 0.3 is 0 Å². The molecule has 0 radical (unpaired) electrons. The molecule has 1 aromatic rings. The van der Waals surface area contributed by atoms with Gasteiger partial charge < -0.3 is 4.74 Å². The Balaban J connectivity index is 1.31. The number of methoxy groups -OCH3 is 1. The van der Waals surface area contributed by atoms with Crippen LogP contribution in [0.2, 0.25) is 0 Å². The molecular formula is C27H38F2O. The van der Waals surface area contributed by atoms with Gasteiger partial charge in [0.1, 0.15) is 0 Å². The van der Waals surface area contributed by atoms with E-state index >= 15 is 0 Å². The summed E-state index contributed by atoms with van der Waals surface area (Å²) in [6.45, 7) is 3.87. The fraction of sp³-hybridized carbons (Fsp3) is 0.704. The molecule has 1 aromatic carbocycles. The number of benzene rings is 1. The van der Waals surface area contributed by atoms with Crippen LogP contribution in [0.15, 0.2) is 24.8 Å². The third-order valence-corrected chi connectivity index (χ3v) is 8.73. The second-order valence-corrected chi connectivity index (χ2v) is 10.2. The fourth-order valence-corrected chi connectivity index (χ4v) is 6.96. The van der Waals surface area contributed by atoms with E-state index in [1.165, 1.54) is 71.3 Å². The van der Waals surface area contributed by atoms with Crippen LogP contribution in [0.3, 0.4) is 0 Å². The second-order valence-electron chi connectivity index (χ2n) is 10.2. The van der Waals surface area contributed by atoms with Crippen molar-refractivity contribution in [3.8, 4) is 5.75 Å². The van der Waals surface area contributed by atoms with E-state index in [-0.39, 0.29) is 11.7 Å². The predicted octanol–water partition coefficient (Wildman–Crippen LogP) is 8.05. The zero-order valence-corrected chi connectivity index (χ0v) is 18.6. The quantitative estimate of drug-likeness (QED) is 0.426. The molecule has 3 heteroatoms. The van der Waals surface area contributed by atoms with Crippen molar-refractivity contribution in [3.05, 3.63) is 42.0 Å². The molecule has 4 rings (SSSR count). The van der Waals surface area contributed by atoms with Crippen LogP contribution >= 0.6 is 0 Å². The van der Waals surface area contributed by atoms with Crippen LogP contribution in [0.25, 0.3) is 0 Å². The third-order valence-electron chi connectivity index (χ3n) is 8.73. The number of hydrogen-bond donors (Lipinski definition) is 0. The molecule has 166 valence electrons. The highest BCUT2D eigenvalue weighted by Crippen LogP contribution is 2.51. The predicted molar refractivity (Wildman–Crippen MR) is 119 cm³/mol. The molecule has 1 nitrogen and oxygen atoms in total. The molecule has 4 unspecified atom stereocenters. The smallest absolute Gasteiger partial charge is 0.200 e. The van der Waals surface area contributed by atoms with Gasteiger partial charge in [0, 0.05) is 0 Å². The SMILES string of the molecule is C=CCCC1CCC(C2CCC3CC(c4ccc(OC)c(F)c4F)CCC3C2)CC1. The number of halogens is 2. The van der Waals surface area contributed by atoms with Gasteiger partial charge in [-0.1, -0.05) is 25.0 Å². The van der Waals surface area contributed by atoms with E-state index in [2.05, 4.69) is 12.7 Å². The van der Waals surface area contributed by atoms with E-state index < -0.39 is 11.6 Å². The van der Waals surface area contributed by atoms with Gasteiger partial charge in [0.15, 0.2) is 11.6 Å². The molecule has 0 heterocycles. The molecule has 0 aliphatic heterocycles. The van der Waals surface area contributed by atoms with Gasteiger partial charge in [0.2, 0.25) is 5.82 Å². The van der Waals surface area contributed by atoms with Crippen molar-refractivity contribution < 1.29 is 13.5 Å². The zero-order chi connectivity index (χ0) is 21.1. The first kappa shape index (κ1) is 21.8. The first-order valence-corrected chi connectivity index (χ1v) is 12.2. The lowest BCUT2D eigenvalue weighted by molar-refractivity contribution is 0.0708. The Morgan fingerprint density at radius 2 is 1.50 bits per heavy atom. The molecule has 30 heavy (non-hydrogen) atoms. The maximum atomic E-state index is 14.6. The third kappa shape index (κ3) is 4.60. The summed E-state index contributed by atoms with van der Waals surface area (Å²) in [6, 6.07) is 3.33. The minimum absolute atomic E-state index is 0.00431. The maximum absolute atomic E-state index is 14.6. The largest absolute Gasteiger partial charge is 0.494 e. The molecular weight excluding hydrogens is 378 g/mol. The van der Waals surface area contributed by atoms with Crippen molar-refractivity contribution in [1.82, 2.24) is 0 Å². The van der Waals surface area contributed by atoms with Crippen molar-refractivity contribution in [2.24, 2.45) is 29.6 Å². The van der Waals surface area contributed by atoms with Crippen LogP contribution in [-0.4, -0.2) is 7.11 Å². The standard InChI is InChI=1S/C27H38F2O/c1-3-4-5-18-6-8-19(9-7-18)20-10-11-22-17-23(13-12-21(22)16-20)24-14-15-25(30-2)27(29)26(24)28/h3,14-15,18-23H,1,4-13,16-17H2,2H3. The fourth-order valence-electron chi connectivity index (χ4n) is 6.96. The summed E-state index contributed by atoms with van der Waals surface area (Å²) in [5, 5.41) is 0. The lowest BCUT2D eigenvalue weighted by Crippen LogP contribution is -2.34. The summed E-state index contributed by atoms with van der Waals surface area (Å²) in [7, 11) is 1.38. The Bertz CT molecular complexity index is 722. The molecule has 3 saturated carbocycles. The molecule has 0 bridgehead atoms. The van der Waals surface area contributed by atoms with E-state index in [1.807, 2.05) is 0 Å². The molecule has 3 fully saturated rings. The number of allylic oxidation sites excluding steroid dienone is 1. The molecule has 3 aliphatic carbocycles.